The minimum absolute atomic E-state index is 0.315. The first-order chi connectivity index (χ1) is 6.88. The van der Waals surface area contributed by atoms with Gasteiger partial charge >= 0.3 is 0 Å². The van der Waals surface area contributed by atoms with Crippen LogP contribution in [-0.2, 0) is 4.74 Å². The summed E-state index contributed by atoms with van der Waals surface area (Å²) in [4.78, 5) is 0. The predicted octanol–water partition coefficient (Wildman–Crippen LogP) is 1.74. The Morgan fingerprint density at radius 2 is 2.43 bits per heavy atom. The van der Waals surface area contributed by atoms with E-state index in [4.69, 9.17) is 10.6 Å². The Hall–Kier alpha value is -0.380. The monoisotopic (exact) mass is 198 g/mol. The third-order valence-corrected chi connectivity index (χ3v) is 2.80. The maximum Gasteiger partial charge on any atom is 0.0741 e. The van der Waals surface area contributed by atoms with Crippen LogP contribution in [0.1, 0.15) is 38.5 Å². The topological polar surface area (TPSA) is 47.3 Å². The number of hydrogen-bond donors (Lipinski definition) is 2. The van der Waals surface area contributed by atoms with Crippen molar-refractivity contribution in [2.45, 2.75) is 50.7 Å². The molecule has 3 heteroatoms. The van der Waals surface area contributed by atoms with Gasteiger partial charge in [-0.1, -0.05) is 6.08 Å². The van der Waals surface area contributed by atoms with Gasteiger partial charge in [0.2, 0.25) is 0 Å². The lowest BCUT2D eigenvalue weighted by Gasteiger charge is -2.29. The third-order valence-electron chi connectivity index (χ3n) is 2.80. The van der Waals surface area contributed by atoms with Gasteiger partial charge in [0.05, 0.1) is 6.10 Å². The SMILES string of the molecule is C=CCCCC(NN)C1CCCCO1. The van der Waals surface area contributed by atoms with Crippen LogP contribution in [0.2, 0.25) is 0 Å². The fourth-order valence-corrected chi connectivity index (χ4v) is 1.94. The van der Waals surface area contributed by atoms with Crippen molar-refractivity contribution in [3.63, 3.8) is 0 Å². The summed E-state index contributed by atoms with van der Waals surface area (Å²) in [5.74, 6) is 5.53. The molecular formula is C11H22N2O. The van der Waals surface area contributed by atoms with E-state index in [-0.39, 0.29) is 0 Å². The third kappa shape index (κ3) is 3.78. The van der Waals surface area contributed by atoms with Gasteiger partial charge in [0.1, 0.15) is 0 Å². The lowest BCUT2D eigenvalue weighted by Crippen LogP contribution is -2.46. The number of nitrogens with two attached hydrogens (primary N) is 1. The number of unbranched alkanes of at least 4 members (excludes halogenated alkanes) is 1. The van der Waals surface area contributed by atoms with Crippen molar-refractivity contribution in [1.29, 1.82) is 0 Å². The molecule has 14 heavy (non-hydrogen) atoms. The summed E-state index contributed by atoms with van der Waals surface area (Å²) in [7, 11) is 0. The van der Waals surface area contributed by atoms with Crippen LogP contribution in [0.15, 0.2) is 12.7 Å². The standard InChI is InChI=1S/C11H22N2O/c1-2-3-4-7-10(13-12)11-8-5-6-9-14-11/h2,10-11,13H,1,3-9,12H2. The summed E-state index contributed by atoms with van der Waals surface area (Å²) >= 11 is 0. The summed E-state index contributed by atoms with van der Waals surface area (Å²) in [6, 6.07) is 0.315. The van der Waals surface area contributed by atoms with E-state index >= 15 is 0 Å². The summed E-state index contributed by atoms with van der Waals surface area (Å²) in [6.45, 7) is 4.61. The van der Waals surface area contributed by atoms with E-state index in [0.29, 0.717) is 12.1 Å². The van der Waals surface area contributed by atoms with E-state index < -0.39 is 0 Å². The molecule has 1 aliphatic heterocycles. The fraction of sp³-hybridized carbons (Fsp3) is 0.818. The molecule has 3 nitrogen and oxygen atoms in total. The fourth-order valence-electron chi connectivity index (χ4n) is 1.94. The van der Waals surface area contributed by atoms with Gasteiger partial charge in [0, 0.05) is 12.6 Å². The molecule has 0 amide bonds. The average molecular weight is 198 g/mol. The van der Waals surface area contributed by atoms with Crippen LogP contribution < -0.4 is 11.3 Å². The number of hydrazine groups is 1. The first-order valence-electron chi connectivity index (χ1n) is 5.57. The maximum atomic E-state index is 5.69. The molecule has 1 aliphatic rings. The maximum absolute atomic E-state index is 5.69. The molecule has 1 fully saturated rings. The van der Waals surface area contributed by atoms with E-state index in [9.17, 15) is 0 Å². The quantitative estimate of drug-likeness (QED) is 0.296. The molecule has 0 spiro atoms. The molecular weight excluding hydrogens is 176 g/mol. The molecule has 0 aromatic heterocycles. The Kier molecular flexibility index (Phi) is 5.83. The summed E-state index contributed by atoms with van der Waals surface area (Å²) < 4.78 is 5.69. The van der Waals surface area contributed by atoms with E-state index in [0.717, 1.165) is 32.3 Å². The van der Waals surface area contributed by atoms with Crippen molar-refractivity contribution in [1.82, 2.24) is 5.43 Å². The van der Waals surface area contributed by atoms with Crippen LogP contribution in [0.3, 0.4) is 0 Å². The predicted molar refractivity (Wildman–Crippen MR) is 58.8 cm³/mol. The molecule has 0 saturated carbocycles. The minimum atomic E-state index is 0.315. The molecule has 2 unspecified atom stereocenters. The minimum Gasteiger partial charge on any atom is -0.377 e. The van der Waals surface area contributed by atoms with Crippen molar-refractivity contribution >= 4 is 0 Å². The highest BCUT2D eigenvalue weighted by atomic mass is 16.5. The molecule has 3 N–H and O–H groups in total. The first kappa shape index (κ1) is 11.7. The molecule has 82 valence electrons. The molecule has 0 radical (unpaired) electrons. The van der Waals surface area contributed by atoms with Gasteiger partial charge in [-0.25, -0.2) is 0 Å². The molecule has 0 aromatic rings. The van der Waals surface area contributed by atoms with Gasteiger partial charge in [-0.2, -0.15) is 0 Å². The zero-order valence-electron chi connectivity index (χ0n) is 8.87. The summed E-state index contributed by atoms with van der Waals surface area (Å²) in [5, 5.41) is 0. The molecule has 2 atom stereocenters. The van der Waals surface area contributed by atoms with Gasteiger partial charge in [-0.05, 0) is 38.5 Å². The Labute approximate surface area is 86.7 Å². The number of allylic oxidation sites excluding steroid dienone is 1. The van der Waals surface area contributed by atoms with Gasteiger partial charge < -0.3 is 4.74 Å². The highest BCUT2D eigenvalue weighted by Gasteiger charge is 2.22. The van der Waals surface area contributed by atoms with Crippen molar-refractivity contribution in [2.24, 2.45) is 5.84 Å². The van der Waals surface area contributed by atoms with Crippen molar-refractivity contribution in [3.8, 4) is 0 Å². The average Bonchev–Trinajstić information content (AvgIpc) is 2.26. The number of rotatable bonds is 6. The number of hydrogen-bond acceptors (Lipinski definition) is 3. The van der Waals surface area contributed by atoms with E-state index in [1.165, 1.54) is 12.8 Å². The van der Waals surface area contributed by atoms with Gasteiger partial charge in [0.25, 0.3) is 0 Å². The van der Waals surface area contributed by atoms with Crippen LogP contribution in [0.25, 0.3) is 0 Å². The summed E-state index contributed by atoms with van der Waals surface area (Å²) in [5.41, 5.74) is 2.87. The zero-order chi connectivity index (χ0) is 10.2. The molecule has 0 aromatic carbocycles. The Bertz CT molecular complexity index is 155. The second-order valence-corrected chi connectivity index (χ2v) is 3.90. The highest BCUT2D eigenvalue weighted by molar-refractivity contribution is 4.79. The van der Waals surface area contributed by atoms with Crippen LogP contribution >= 0.6 is 0 Å². The van der Waals surface area contributed by atoms with Gasteiger partial charge in [-0.3, -0.25) is 11.3 Å². The van der Waals surface area contributed by atoms with Gasteiger partial charge in [0.15, 0.2) is 0 Å². The Morgan fingerprint density at radius 1 is 1.57 bits per heavy atom. The molecule has 0 aliphatic carbocycles. The normalized spacial score (nSPS) is 24.5. The van der Waals surface area contributed by atoms with E-state index in [1.54, 1.807) is 0 Å². The molecule has 1 saturated heterocycles. The molecule has 1 heterocycles. The van der Waals surface area contributed by atoms with Crippen LogP contribution in [0.5, 0.6) is 0 Å². The van der Waals surface area contributed by atoms with Crippen LogP contribution in [-0.4, -0.2) is 18.8 Å². The second-order valence-electron chi connectivity index (χ2n) is 3.90. The van der Waals surface area contributed by atoms with Gasteiger partial charge in [-0.15, -0.1) is 6.58 Å². The smallest absolute Gasteiger partial charge is 0.0741 e. The van der Waals surface area contributed by atoms with E-state index in [1.807, 2.05) is 6.08 Å². The molecule has 0 bridgehead atoms. The van der Waals surface area contributed by atoms with Crippen molar-refractivity contribution in [2.75, 3.05) is 6.61 Å². The first-order valence-corrected chi connectivity index (χ1v) is 5.57. The number of ether oxygens (including phenoxy) is 1. The highest BCUT2D eigenvalue weighted by Crippen LogP contribution is 2.18. The lowest BCUT2D eigenvalue weighted by atomic mass is 9.98. The van der Waals surface area contributed by atoms with Crippen molar-refractivity contribution in [3.05, 3.63) is 12.7 Å². The number of nitrogens with one attached hydrogen (secondary N) is 1. The van der Waals surface area contributed by atoms with Crippen LogP contribution in [0.4, 0.5) is 0 Å². The molecule has 1 rings (SSSR count). The lowest BCUT2D eigenvalue weighted by molar-refractivity contribution is -0.00961. The largest absolute Gasteiger partial charge is 0.377 e. The second kappa shape index (κ2) is 6.98. The van der Waals surface area contributed by atoms with E-state index in [2.05, 4.69) is 12.0 Å². The zero-order valence-corrected chi connectivity index (χ0v) is 8.87. The van der Waals surface area contributed by atoms with Crippen molar-refractivity contribution < 1.29 is 4.74 Å². The summed E-state index contributed by atoms with van der Waals surface area (Å²) in [6.07, 6.45) is 9.15. The Morgan fingerprint density at radius 3 is 3.00 bits per heavy atom. The van der Waals surface area contributed by atoms with Crippen LogP contribution in [0, 0.1) is 0 Å². The Balaban J connectivity index is 2.24.